The van der Waals surface area contributed by atoms with Crippen LogP contribution in [-0.2, 0) is 0 Å². The SMILES string of the molecule is C=C/C=C(\C=C)[P+](CCCCOc1ccc(C(C(C)C)N(C)C(C)(C)C(c2ccc(O)cc2)N(C)C)cc1)(c1ccccc1)c1ccccc1. The van der Waals surface area contributed by atoms with E-state index in [2.05, 4.69) is 163 Å². The molecule has 0 aliphatic carbocycles. The van der Waals surface area contributed by atoms with Gasteiger partial charge in [0.15, 0.2) is 0 Å². The Hall–Kier alpha value is -3.95. The van der Waals surface area contributed by atoms with Gasteiger partial charge in [0.2, 0.25) is 0 Å². The molecule has 2 unspecified atom stereocenters. The molecule has 0 aliphatic heterocycles. The molecule has 2 atom stereocenters. The minimum atomic E-state index is -1.93. The highest BCUT2D eigenvalue weighted by molar-refractivity contribution is 7.93. The molecule has 0 aliphatic rings. The second-order valence-electron chi connectivity index (χ2n) is 14.3. The van der Waals surface area contributed by atoms with Crippen LogP contribution in [0.15, 0.2) is 146 Å². The van der Waals surface area contributed by atoms with Crippen molar-refractivity contribution in [1.29, 1.82) is 0 Å². The number of aromatic hydroxyl groups is 1. The molecule has 0 bridgehead atoms. The molecule has 4 aromatic carbocycles. The van der Waals surface area contributed by atoms with E-state index in [0.29, 0.717) is 12.5 Å². The molecule has 0 saturated carbocycles. The van der Waals surface area contributed by atoms with Gasteiger partial charge in [0, 0.05) is 11.6 Å². The molecule has 50 heavy (non-hydrogen) atoms. The first-order valence-electron chi connectivity index (χ1n) is 17.8. The van der Waals surface area contributed by atoms with E-state index in [9.17, 15) is 5.11 Å². The Morgan fingerprint density at radius 3 is 1.80 bits per heavy atom. The first-order valence-corrected chi connectivity index (χ1v) is 19.8. The van der Waals surface area contributed by atoms with Crippen LogP contribution < -0.4 is 15.3 Å². The predicted molar refractivity (Wildman–Crippen MR) is 218 cm³/mol. The van der Waals surface area contributed by atoms with Crippen molar-refractivity contribution in [2.24, 2.45) is 5.92 Å². The molecule has 0 amide bonds. The molecule has 5 heteroatoms. The summed E-state index contributed by atoms with van der Waals surface area (Å²) < 4.78 is 6.35. The van der Waals surface area contributed by atoms with Crippen molar-refractivity contribution in [3.63, 3.8) is 0 Å². The van der Waals surface area contributed by atoms with E-state index in [-0.39, 0.29) is 23.4 Å². The van der Waals surface area contributed by atoms with Crippen molar-refractivity contribution in [1.82, 2.24) is 9.80 Å². The van der Waals surface area contributed by atoms with Crippen LogP contribution in [0.1, 0.15) is 63.7 Å². The van der Waals surface area contributed by atoms with Crippen LogP contribution in [0.3, 0.4) is 0 Å². The highest BCUT2D eigenvalue weighted by Gasteiger charge is 2.45. The summed E-state index contributed by atoms with van der Waals surface area (Å²) in [4.78, 5) is 4.79. The van der Waals surface area contributed by atoms with E-state index in [4.69, 9.17) is 4.74 Å². The number of ether oxygens (including phenoxy) is 1. The van der Waals surface area contributed by atoms with Gasteiger partial charge in [-0.25, -0.2) is 0 Å². The highest BCUT2D eigenvalue weighted by atomic mass is 31.2. The molecular formula is C45H58N2O2P+. The number of phenols is 1. The zero-order valence-electron chi connectivity index (χ0n) is 31.3. The summed E-state index contributed by atoms with van der Waals surface area (Å²) >= 11 is 0. The molecule has 0 aromatic heterocycles. The van der Waals surface area contributed by atoms with Gasteiger partial charge in [0.05, 0.1) is 18.8 Å². The average molecular weight is 690 g/mol. The van der Waals surface area contributed by atoms with Crippen LogP contribution in [-0.4, -0.2) is 54.4 Å². The summed E-state index contributed by atoms with van der Waals surface area (Å²) in [6.45, 7) is 18.2. The molecule has 0 radical (unpaired) electrons. The van der Waals surface area contributed by atoms with Crippen LogP contribution in [0.5, 0.6) is 11.5 Å². The van der Waals surface area contributed by atoms with E-state index in [1.165, 1.54) is 27.1 Å². The van der Waals surface area contributed by atoms with Gasteiger partial charge in [-0.15, -0.1) is 0 Å². The van der Waals surface area contributed by atoms with Gasteiger partial charge in [-0.05, 0) is 126 Å². The first kappa shape index (κ1) is 38.8. The Balaban J connectivity index is 1.47. The van der Waals surface area contributed by atoms with E-state index in [1.54, 1.807) is 12.1 Å². The Labute approximate surface area is 303 Å². The van der Waals surface area contributed by atoms with Crippen molar-refractivity contribution in [2.75, 3.05) is 33.9 Å². The van der Waals surface area contributed by atoms with Crippen LogP contribution in [0.2, 0.25) is 0 Å². The van der Waals surface area contributed by atoms with E-state index in [0.717, 1.165) is 24.8 Å². The van der Waals surface area contributed by atoms with Gasteiger partial charge in [0.1, 0.15) is 34.7 Å². The predicted octanol–water partition coefficient (Wildman–Crippen LogP) is 10.2. The smallest absolute Gasteiger partial charge is 0.119 e. The second kappa shape index (κ2) is 17.8. The topological polar surface area (TPSA) is 35.9 Å². The molecule has 4 rings (SSSR count). The molecule has 4 aromatic rings. The number of hydrogen-bond acceptors (Lipinski definition) is 4. The fraction of sp³-hybridized carbons (Fsp3) is 0.333. The molecule has 0 saturated heterocycles. The molecule has 0 spiro atoms. The van der Waals surface area contributed by atoms with Crippen molar-refractivity contribution < 1.29 is 9.84 Å². The average Bonchev–Trinajstić information content (AvgIpc) is 3.11. The zero-order valence-corrected chi connectivity index (χ0v) is 32.2. The van der Waals surface area contributed by atoms with E-state index in [1.807, 2.05) is 24.3 Å². The van der Waals surface area contributed by atoms with Crippen LogP contribution in [0.4, 0.5) is 0 Å². The summed E-state index contributed by atoms with van der Waals surface area (Å²) in [5, 5.41) is 13.9. The molecular weight excluding hydrogens is 631 g/mol. The van der Waals surface area contributed by atoms with Gasteiger partial charge in [-0.2, -0.15) is 0 Å². The number of phenolic OH excluding ortho intramolecular Hbond substituents is 1. The normalized spacial score (nSPS) is 13.8. The van der Waals surface area contributed by atoms with E-state index >= 15 is 0 Å². The monoisotopic (exact) mass is 689 g/mol. The lowest BCUT2D eigenvalue weighted by Gasteiger charge is -2.49. The Bertz CT molecular complexity index is 1620. The highest BCUT2D eigenvalue weighted by Crippen LogP contribution is 2.64. The second-order valence-corrected chi connectivity index (χ2v) is 17.9. The lowest BCUT2D eigenvalue weighted by atomic mass is 9.82. The summed E-state index contributed by atoms with van der Waals surface area (Å²) in [7, 11) is 4.57. The number of nitrogens with zero attached hydrogens (tertiary/aromatic N) is 2. The van der Waals surface area contributed by atoms with Crippen molar-refractivity contribution in [3.05, 3.63) is 157 Å². The maximum absolute atomic E-state index is 9.93. The third kappa shape index (κ3) is 8.85. The van der Waals surface area contributed by atoms with Gasteiger partial charge < -0.3 is 14.7 Å². The summed E-state index contributed by atoms with van der Waals surface area (Å²) in [5.74, 6) is 1.58. The van der Waals surface area contributed by atoms with Crippen LogP contribution in [0.25, 0.3) is 0 Å². The summed E-state index contributed by atoms with van der Waals surface area (Å²) in [5.41, 5.74) is 2.24. The summed E-state index contributed by atoms with van der Waals surface area (Å²) in [6, 6.07) is 38.5. The summed E-state index contributed by atoms with van der Waals surface area (Å²) in [6.07, 6.45) is 9.09. The molecule has 1 N–H and O–H groups in total. The number of unbranched alkanes of at least 4 members (excludes halogenated alkanes) is 1. The largest absolute Gasteiger partial charge is 0.508 e. The van der Waals surface area contributed by atoms with E-state index < -0.39 is 7.26 Å². The zero-order chi connectivity index (χ0) is 36.3. The third-order valence-electron chi connectivity index (χ3n) is 10.1. The number of likely N-dealkylation sites (N-methyl/N-ethyl adjacent to an activating group) is 2. The van der Waals surface area contributed by atoms with Crippen molar-refractivity contribution in [2.45, 2.75) is 58.2 Å². The standard InChI is InChI=1S/C45H57N2O2P/c1-10-20-40(11-2)50(41-21-14-12-15-22-41,42-23-16-13-17-24-42)34-19-18-33-49-39-31-27-36(28-32-39)43(35(3)4)47(9)45(5,6)44(46(7)8)37-25-29-38(48)30-26-37/h10-17,20-32,35,43-44H,1-2,18-19,33-34H2,3-9H3/p+1/b40-20+. The maximum Gasteiger partial charge on any atom is 0.119 e. The minimum Gasteiger partial charge on any atom is -0.508 e. The van der Waals surface area contributed by atoms with Crippen LogP contribution in [0, 0.1) is 5.92 Å². The maximum atomic E-state index is 9.93. The quantitative estimate of drug-likeness (QED) is 0.0641. The number of benzene rings is 4. The molecule has 4 nitrogen and oxygen atoms in total. The Kier molecular flexibility index (Phi) is 13.8. The number of rotatable bonds is 18. The Morgan fingerprint density at radius 1 is 0.780 bits per heavy atom. The van der Waals surface area contributed by atoms with Gasteiger partial charge >= 0.3 is 0 Å². The first-order chi connectivity index (χ1) is 24.0. The lowest BCUT2D eigenvalue weighted by Crippen LogP contribution is -2.52. The lowest BCUT2D eigenvalue weighted by molar-refractivity contribution is 0.0104. The van der Waals surface area contributed by atoms with Gasteiger partial charge in [0.25, 0.3) is 0 Å². The fourth-order valence-corrected chi connectivity index (χ4v) is 12.1. The van der Waals surface area contributed by atoms with Crippen LogP contribution >= 0.6 is 7.26 Å². The molecule has 264 valence electrons. The fourth-order valence-electron chi connectivity index (χ4n) is 7.68. The van der Waals surface area contributed by atoms with Gasteiger partial charge in [-0.1, -0.05) is 93.7 Å². The molecule has 0 heterocycles. The minimum absolute atomic E-state index is 0.122. The van der Waals surface area contributed by atoms with Crippen molar-refractivity contribution >= 4 is 17.9 Å². The Morgan fingerprint density at radius 2 is 1.32 bits per heavy atom. The van der Waals surface area contributed by atoms with Gasteiger partial charge in [-0.3, -0.25) is 4.90 Å². The molecule has 0 fully saturated rings. The third-order valence-corrected chi connectivity index (χ3v) is 14.6. The number of hydrogen-bond donors (Lipinski definition) is 1. The van der Waals surface area contributed by atoms with Crippen molar-refractivity contribution in [3.8, 4) is 11.5 Å². The number of allylic oxidation sites excluding steroid dienone is 4.